The lowest BCUT2D eigenvalue weighted by Gasteiger charge is -2.28. The van der Waals surface area contributed by atoms with Gasteiger partial charge in [-0.1, -0.05) is 53.7 Å². The molecule has 3 rings (SSSR count). The van der Waals surface area contributed by atoms with Crippen LogP contribution in [0.1, 0.15) is 22.5 Å². The second-order valence-corrected chi connectivity index (χ2v) is 9.44. The van der Waals surface area contributed by atoms with Gasteiger partial charge in [-0.2, -0.15) is 0 Å². The number of rotatable bonds is 5. The monoisotopic (exact) mass is 411 g/mol. The first-order valence-electron chi connectivity index (χ1n) is 8.01. The molecule has 0 spiro atoms. The lowest BCUT2D eigenvalue weighted by molar-refractivity contribution is 0.0674. The summed E-state index contributed by atoms with van der Waals surface area (Å²) in [6.45, 7) is 0.300. The molecule has 26 heavy (non-hydrogen) atoms. The normalized spacial score (nSPS) is 18.6. The Labute approximate surface area is 161 Å². The van der Waals surface area contributed by atoms with Crippen LogP contribution in [-0.2, 0) is 16.4 Å². The van der Waals surface area contributed by atoms with Crippen molar-refractivity contribution < 1.29 is 13.2 Å². The molecular weight excluding hydrogens is 394 g/mol. The minimum atomic E-state index is -3.14. The van der Waals surface area contributed by atoms with Gasteiger partial charge in [-0.25, -0.2) is 18.4 Å². The van der Waals surface area contributed by atoms with Crippen molar-refractivity contribution in [3.8, 4) is 0 Å². The van der Waals surface area contributed by atoms with Crippen LogP contribution in [-0.4, -0.2) is 53.0 Å². The number of amides is 1. The smallest absolute Gasteiger partial charge is 0.274 e. The third-order valence-electron chi connectivity index (χ3n) is 4.21. The zero-order chi connectivity index (χ0) is 18.7. The van der Waals surface area contributed by atoms with Crippen LogP contribution in [0, 0.1) is 0 Å². The molecule has 0 radical (unpaired) electrons. The predicted molar refractivity (Wildman–Crippen MR) is 102 cm³/mol. The van der Waals surface area contributed by atoms with Gasteiger partial charge in [0.05, 0.1) is 22.7 Å². The van der Waals surface area contributed by atoms with Crippen molar-refractivity contribution in [2.24, 2.45) is 0 Å². The molecule has 1 aromatic carbocycles. The molecule has 9 heteroatoms. The van der Waals surface area contributed by atoms with Crippen LogP contribution >= 0.6 is 23.4 Å². The maximum Gasteiger partial charge on any atom is 0.274 e. The number of thioether (sulfide) groups is 1. The number of nitrogens with zero attached hydrogens (tertiary/aromatic N) is 3. The van der Waals surface area contributed by atoms with Gasteiger partial charge in [0.25, 0.3) is 5.91 Å². The Morgan fingerprint density at radius 2 is 2.08 bits per heavy atom. The van der Waals surface area contributed by atoms with Crippen LogP contribution in [0.15, 0.2) is 41.7 Å². The van der Waals surface area contributed by atoms with E-state index in [0.29, 0.717) is 18.1 Å². The Hall–Kier alpha value is -1.64. The summed E-state index contributed by atoms with van der Waals surface area (Å²) in [5.74, 6) is -0.327. The van der Waals surface area contributed by atoms with E-state index in [4.69, 9.17) is 11.6 Å². The second-order valence-electron chi connectivity index (χ2n) is 6.03. The highest BCUT2D eigenvalue weighted by atomic mass is 35.5. The van der Waals surface area contributed by atoms with Crippen LogP contribution in [0.5, 0.6) is 0 Å². The maximum absolute atomic E-state index is 13.2. The standard InChI is InChI=1S/C17H18ClN3O3S2/c1-25-17-19-9-14(18)15(20-17)16(22)21(10-12-5-3-2-4-6-12)13-7-8-26(23,24)11-13/h2-6,9,13H,7-8,10-11H2,1H3/t13-/m0/s1. The fourth-order valence-electron chi connectivity index (χ4n) is 2.90. The highest BCUT2D eigenvalue weighted by Crippen LogP contribution is 2.25. The van der Waals surface area contributed by atoms with Gasteiger partial charge in [-0.05, 0) is 18.2 Å². The number of sulfone groups is 1. The zero-order valence-corrected chi connectivity index (χ0v) is 16.5. The SMILES string of the molecule is CSc1ncc(Cl)c(C(=O)N(Cc2ccccc2)[C@H]2CCS(=O)(=O)C2)n1. The first kappa shape index (κ1) is 19.1. The van der Waals surface area contributed by atoms with Gasteiger partial charge >= 0.3 is 0 Å². The first-order chi connectivity index (χ1) is 12.4. The van der Waals surface area contributed by atoms with E-state index in [-0.39, 0.29) is 28.1 Å². The van der Waals surface area contributed by atoms with Crippen molar-refractivity contribution in [1.82, 2.24) is 14.9 Å². The average molecular weight is 412 g/mol. The summed E-state index contributed by atoms with van der Waals surface area (Å²) in [5, 5.41) is 0.600. The van der Waals surface area contributed by atoms with Gasteiger partial charge in [0.2, 0.25) is 0 Å². The van der Waals surface area contributed by atoms with Crippen LogP contribution in [0.3, 0.4) is 0 Å². The predicted octanol–water partition coefficient (Wildman–Crippen LogP) is 2.68. The molecule has 1 saturated heterocycles. The van der Waals surface area contributed by atoms with E-state index < -0.39 is 15.9 Å². The first-order valence-corrected chi connectivity index (χ1v) is 11.4. The van der Waals surface area contributed by atoms with E-state index >= 15 is 0 Å². The van der Waals surface area contributed by atoms with Gasteiger partial charge in [0, 0.05) is 12.6 Å². The molecule has 1 aliphatic rings. The Kier molecular flexibility index (Phi) is 5.84. The van der Waals surface area contributed by atoms with Crippen molar-refractivity contribution in [3.63, 3.8) is 0 Å². The summed E-state index contributed by atoms with van der Waals surface area (Å²) in [4.78, 5) is 23.0. The van der Waals surface area contributed by atoms with Gasteiger partial charge in [-0.15, -0.1) is 0 Å². The van der Waals surface area contributed by atoms with Gasteiger partial charge in [0.1, 0.15) is 0 Å². The minimum absolute atomic E-state index is 0.0380. The lowest BCUT2D eigenvalue weighted by Crippen LogP contribution is -2.41. The summed E-state index contributed by atoms with van der Waals surface area (Å²) in [5.41, 5.74) is 1.02. The quantitative estimate of drug-likeness (QED) is 0.555. The van der Waals surface area contributed by atoms with E-state index in [1.807, 2.05) is 36.6 Å². The van der Waals surface area contributed by atoms with Crippen LogP contribution in [0.2, 0.25) is 5.02 Å². The third-order valence-corrected chi connectivity index (χ3v) is 6.80. The van der Waals surface area contributed by atoms with Crippen LogP contribution in [0.4, 0.5) is 0 Å². The molecule has 0 saturated carbocycles. The van der Waals surface area contributed by atoms with Crippen LogP contribution < -0.4 is 0 Å². The van der Waals surface area contributed by atoms with E-state index in [1.54, 1.807) is 4.90 Å². The molecule has 1 aliphatic heterocycles. The van der Waals surface area contributed by atoms with E-state index in [9.17, 15) is 13.2 Å². The molecule has 1 aromatic heterocycles. The van der Waals surface area contributed by atoms with Gasteiger partial charge in [-0.3, -0.25) is 4.79 Å². The number of hydrogen-bond donors (Lipinski definition) is 0. The average Bonchev–Trinajstić information content (AvgIpc) is 3.00. The zero-order valence-electron chi connectivity index (χ0n) is 14.1. The van der Waals surface area contributed by atoms with Gasteiger partial charge < -0.3 is 4.90 Å². The molecule has 1 fully saturated rings. The molecule has 0 aliphatic carbocycles. The highest BCUT2D eigenvalue weighted by Gasteiger charge is 2.36. The Morgan fingerprint density at radius 1 is 1.35 bits per heavy atom. The lowest BCUT2D eigenvalue weighted by atomic mass is 10.1. The van der Waals surface area contributed by atoms with E-state index in [1.165, 1.54) is 18.0 Å². The number of hydrogen-bond acceptors (Lipinski definition) is 6. The number of carbonyl (C=O) groups is 1. The molecule has 2 heterocycles. The molecule has 138 valence electrons. The Balaban J connectivity index is 1.96. The van der Waals surface area contributed by atoms with Crippen molar-refractivity contribution in [3.05, 3.63) is 52.8 Å². The Bertz CT molecular complexity index is 907. The minimum Gasteiger partial charge on any atom is -0.329 e. The fraction of sp³-hybridized carbons (Fsp3) is 0.353. The molecule has 1 atom stereocenters. The number of carbonyl (C=O) groups excluding carboxylic acids is 1. The summed E-state index contributed by atoms with van der Waals surface area (Å²) < 4.78 is 23.9. The molecule has 0 bridgehead atoms. The second kappa shape index (κ2) is 7.94. The highest BCUT2D eigenvalue weighted by molar-refractivity contribution is 7.98. The fourth-order valence-corrected chi connectivity index (χ4v) is 5.15. The van der Waals surface area contributed by atoms with Crippen molar-refractivity contribution >= 4 is 39.1 Å². The topological polar surface area (TPSA) is 80.2 Å². The maximum atomic E-state index is 13.2. The number of halogens is 1. The summed E-state index contributed by atoms with van der Waals surface area (Å²) in [7, 11) is -3.14. The third kappa shape index (κ3) is 4.36. The Morgan fingerprint density at radius 3 is 2.69 bits per heavy atom. The molecule has 1 amide bonds. The van der Waals surface area contributed by atoms with Crippen molar-refractivity contribution in [2.75, 3.05) is 17.8 Å². The van der Waals surface area contributed by atoms with E-state index in [2.05, 4.69) is 9.97 Å². The summed E-state index contributed by atoms with van der Waals surface area (Å²) >= 11 is 7.47. The molecule has 2 aromatic rings. The van der Waals surface area contributed by atoms with Crippen molar-refractivity contribution in [2.45, 2.75) is 24.2 Å². The van der Waals surface area contributed by atoms with Crippen molar-refractivity contribution in [1.29, 1.82) is 0 Å². The number of aromatic nitrogens is 2. The molecular formula is C17H18ClN3O3S2. The number of benzene rings is 1. The molecule has 6 nitrogen and oxygen atoms in total. The largest absolute Gasteiger partial charge is 0.329 e. The van der Waals surface area contributed by atoms with Gasteiger partial charge in [0.15, 0.2) is 20.7 Å². The molecule has 0 unspecified atom stereocenters. The summed E-state index contributed by atoms with van der Waals surface area (Å²) in [6.07, 6.45) is 3.63. The molecule has 0 N–H and O–H groups in total. The van der Waals surface area contributed by atoms with Crippen LogP contribution in [0.25, 0.3) is 0 Å². The summed E-state index contributed by atoms with van der Waals surface area (Å²) in [6, 6.07) is 9.06. The van der Waals surface area contributed by atoms with E-state index in [0.717, 1.165) is 5.56 Å².